The van der Waals surface area contributed by atoms with Crippen molar-refractivity contribution in [3.05, 3.63) is 29.6 Å². The van der Waals surface area contributed by atoms with Crippen LogP contribution in [0.4, 0.5) is 10.1 Å². The largest absolute Gasteiger partial charge is 0.389 e. The second-order valence-electron chi connectivity index (χ2n) is 5.81. The van der Waals surface area contributed by atoms with Crippen molar-refractivity contribution in [2.45, 2.75) is 13.8 Å². The Hall–Kier alpha value is -1.20. The molecule has 0 aliphatic heterocycles. The topological polar surface area (TPSA) is 41.3 Å². The van der Waals surface area contributed by atoms with Gasteiger partial charge in [0.1, 0.15) is 10.8 Å². The van der Waals surface area contributed by atoms with Crippen LogP contribution in [0.2, 0.25) is 0 Å². The first-order valence-corrected chi connectivity index (χ1v) is 6.60. The van der Waals surface area contributed by atoms with E-state index in [-0.39, 0.29) is 21.8 Å². The van der Waals surface area contributed by atoms with Crippen LogP contribution >= 0.6 is 12.2 Å². The van der Waals surface area contributed by atoms with Crippen molar-refractivity contribution in [1.82, 2.24) is 4.90 Å². The summed E-state index contributed by atoms with van der Waals surface area (Å²) >= 11 is 4.78. The highest BCUT2D eigenvalue weighted by Crippen LogP contribution is 2.19. The quantitative estimate of drug-likeness (QED) is 0.787. The number of nitrogens with two attached hydrogens (primary N) is 1. The predicted molar refractivity (Wildman–Crippen MR) is 83.1 cm³/mol. The van der Waals surface area contributed by atoms with Crippen molar-refractivity contribution in [2.24, 2.45) is 11.1 Å². The minimum absolute atomic E-state index is 0.0805. The molecule has 0 spiro atoms. The van der Waals surface area contributed by atoms with Crippen LogP contribution in [-0.4, -0.2) is 37.1 Å². The molecule has 0 amide bonds. The van der Waals surface area contributed by atoms with Gasteiger partial charge in [0.2, 0.25) is 0 Å². The second-order valence-corrected chi connectivity index (χ2v) is 6.25. The summed E-state index contributed by atoms with van der Waals surface area (Å²) in [5.74, 6) is -0.386. The van der Waals surface area contributed by atoms with Crippen molar-refractivity contribution < 1.29 is 4.39 Å². The van der Waals surface area contributed by atoms with Crippen molar-refractivity contribution in [3.63, 3.8) is 0 Å². The minimum Gasteiger partial charge on any atom is -0.389 e. The summed E-state index contributed by atoms with van der Waals surface area (Å²) in [7, 11) is 4.08. The Balaban J connectivity index is 2.69. The molecule has 1 aromatic carbocycles. The Morgan fingerprint density at radius 1 is 1.42 bits per heavy atom. The van der Waals surface area contributed by atoms with E-state index in [2.05, 4.69) is 24.1 Å². The summed E-state index contributed by atoms with van der Waals surface area (Å²) in [6.45, 7) is 6.05. The molecule has 0 aromatic heterocycles. The first-order valence-electron chi connectivity index (χ1n) is 6.19. The Kier molecular flexibility index (Phi) is 5.26. The molecule has 0 saturated carbocycles. The Morgan fingerprint density at radius 3 is 2.53 bits per heavy atom. The summed E-state index contributed by atoms with van der Waals surface area (Å²) in [6, 6.07) is 4.84. The van der Waals surface area contributed by atoms with Gasteiger partial charge in [-0.1, -0.05) is 26.1 Å². The molecule has 0 saturated heterocycles. The van der Waals surface area contributed by atoms with E-state index in [9.17, 15) is 4.39 Å². The van der Waals surface area contributed by atoms with Crippen LogP contribution in [0.25, 0.3) is 0 Å². The SMILES string of the molecule is CN(C)CC(C)(C)CNc1ccc(C(N)=S)c(F)c1. The molecule has 0 radical (unpaired) electrons. The van der Waals surface area contributed by atoms with E-state index in [4.69, 9.17) is 18.0 Å². The standard InChI is InChI=1S/C14H22FN3S/c1-14(2,9-18(3)4)8-17-10-5-6-11(13(16)19)12(15)7-10/h5-7,17H,8-9H2,1-4H3,(H2,16,19). The highest BCUT2D eigenvalue weighted by molar-refractivity contribution is 7.80. The maximum Gasteiger partial charge on any atom is 0.135 e. The van der Waals surface area contributed by atoms with Crippen LogP contribution in [-0.2, 0) is 0 Å². The highest BCUT2D eigenvalue weighted by atomic mass is 32.1. The molecule has 0 atom stereocenters. The first kappa shape index (κ1) is 15.9. The molecule has 0 fully saturated rings. The van der Waals surface area contributed by atoms with Crippen LogP contribution < -0.4 is 11.1 Å². The smallest absolute Gasteiger partial charge is 0.135 e. The molecule has 19 heavy (non-hydrogen) atoms. The lowest BCUT2D eigenvalue weighted by atomic mass is 9.93. The molecule has 0 bridgehead atoms. The van der Waals surface area contributed by atoms with Gasteiger partial charge in [0.15, 0.2) is 0 Å². The minimum atomic E-state index is -0.386. The van der Waals surface area contributed by atoms with E-state index in [0.29, 0.717) is 0 Å². The zero-order valence-corrected chi connectivity index (χ0v) is 12.8. The number of benzene rings is 1. The zero-order valence-electron chi connectivity index (χ0n) is 12.0. The van der Waals surface area contributed by atoms with Crippen molar-refractivity contribution in [3.8, 4) is 0 Å². The molecular weight excluding hydrogens is 261 g/mol. The number of hydrogen-bond donors (Lipinski definition) is 2. The van der Waals surface area contributed by atoms with E-state index in [1.165, 1.54) is 6.07 Å². The van der Waals surface area contributed by atoms with E-state index >= 15 is 0 Å². The normalized spacial score (nSPS) is 11.7. The van der Waals surface area contributed by atoms with Crippen molar-refractivity contribution in [2.75, 3.05) is 32.5 Å². The van der Waals surface area contributed by atoms with E-state index in [0.717, 1.165) is 18.8 Å². The lowest BCUT2D eigenvalue weighted by Crippen LogP contribution is -2.34. The maximum atomic E-state index is 13.7. The van der Waals surface area contributed by atoms with Crippen LogP contribution in [0.1, 0.15) is 19.4 Å². The molecule has 0 heterocycles. The van der Waals surface area contributed by atoms with Crippen LogP contribution in [0, 0.1) is 11.2 Å². The van der Waals surface area contributed by atoms with Gasteiger partial charge in [-0.05, 0) is 37.7 Å². The second kappa shape index (κ2) is 6.30. The number of hydrogen-bond acceptors (Lipinski definition) is 3. The average molecular weight is 283 g/mol. The van der Waals surface area contributed by atoms with Gasteiger partial charge in [-0.15, -0.1) is 0 Å². The van der Waals surface area contributed by atoms with Gasteiger partial charge in [-0.2, -0.15) is 0 Å². The molecule has 0 aliphatic carbocycles. The molecule has 1 aromatic rings. The number of anilines is 1. The van der Waals surface area contributed by atoms with Crippen LogP contribution in [0.15, 0.2) is 18.2 Å². The predicted octanol–water partition coefficient (Wildman–Crippen LogP) is 2.46. The van der Waals surface area contributed by atoms with Crippen molar-refractivity contribution in [1.29, 1.82) is 0 Å². The Labute approximate surface area is 120 Å². The van der Waals surface area contributed by atoms with Gasteiger partial charge >= 0.3 is 0 Å². The molecule has 3 nitrogen and oxygen atoms in total. The summed E-state index contributed by atoms with van der Waals surface area (Å²) in [6.07, 6.45) is 0. The van der Waals surface area contributed by atoms with Gasteiger partial charge in [-0.25, -0.2) is 4.39 Å². The monoisotopic (exact) mass is 283 g/mol. The Bertz CT molecular complexity index is 458. The summed E-state index contributed by atoms with van der Waals surface area (Å²) in [5, 5.41) is 3.25. The van der Waals surface area contributed by atoms with E-state index in [1.54, 1.807) is 12.1 Å². The third-order valence-corrected chi connectivity index (χ3v) is 2.97. The van der Waals surface area contributed by atoms with Gasteiger partial charge in [-0.3, -0.25) is 0 Å². The molecule has 5 heteroatoms. The lowest BCUT2D eigenvalue weighted by Gasteiger charge is -2.29. The molecule has 0 aliphatic rings. The fourth-order valence-electron chi connectivity index (χ4n) is 2.08. The lowest BCUT2D eigenvalue weighted by molar-refractivity contribution is 0.254. The van der Waals surface area contributed by atoms with Gasteiger partial charge in [0.25, 0.3) is 0 Å². The summed E-state index contributed by atoms with van der Waals surface area (Å²) in [4.78, 5) is 2.22. The molecular formula is C14H22FN3S. The number of rotatable bonds is 6. The van der Waals surface area contributed by atoms with Crippen molar-refractivity contribution >= 4 is 22.9 Å². The van der Waals surface area contributed by atoms with Gasteiger partial charge < -0.3 is 16.0 Å². The van der Waals surface area contributed by atoms with Crippen LogP contribution in [0.3, 0.4) is 0 Å². The Morgan fingerprint density at radius 2 is 2.05 bits per heavy atom. The molecule has 3 N–H and O–H groups in total. The first-order chi connectivity index (χ1) is 8.71. The molecule has 106 valence electrons. The zero-order chi connectivity index (χ0) is 14.6. The number of halogens is 1. The maximum absolute atomic E-state index is 13.7. The molecule has 0 unspecified atom stereocenters. The summed E-state index contributed by atoms with van der Waals surface area (Å²) in [5.41, 5.74) is 6.55. The van der Waals surface area contributed by atoms with Gasteiger partial charge in [0, 0.05) is 24.3 Å². The van der Waals surface area contributed by atoms with Crippen LogP contribution in [0.5, 0.6) is 0 Å². The third-order valence-electron chi connectivity index (χ3n) is 2.75. The number of thiocarbonyl (C=S) groups is 1. The third kappa shape index (κ3) is 5.12. The number of nitrogens with one attached hydrogen (secondary N) is 1. The van der Waals surface area contributed by atoms with E-state index < -0.39 is 0 Å². The number of nitrogens with zero attached hydrogens (tertiary/aromatic N) is 1. The molecule has 1 rings (SSSR count). The highest BCUT2D eigenvalue weighted by Gasteiger charge is 2.18. The van der Waals surface area contributed by atoms with Gasteiger partial charge in [0.05, 0.1) is 0 Å². The fourth-order valence-corrected chi connectivity index (χ4v) is 2.24. The summed E-state index contributed by atoms with van der Waals surface area (Å²) < 4.78 is 13.7. The van der Waals surface area contributed by atoms with E-state index in [1.807, 2.05) is 14.1 Å². The fraction of sp³-hybridized carbons (Fsp3) is 0.500. The average Bonchev–Trinajstić information content (AvgIpc) is 2.24.